The van der Waals surface area contributed by atoms with Crippen LogP contribution >= 0.6 is 0 Å². The number of benzene rings is 1. The minimum atomic E-state index is -0.603. The van der Waals surface area contributed by atoms with Crippen molar-refractivity contribution in [1.82, 2.24) is 30.6 Å². The Labute approximate surface area is 228 Å². The number of pyridine rings is 1. The fourth-order valence-electron chi connectivity index (χ4n) is 4.40. The van der Waals surface area contributed by atoms with E-state index in [-0.39, 0.29) is 29.0 Å². The summed E-state index contributed by atoms with van der Waals surface area (Å²) in [4.78, 5) is 44.1. The van der Waals surface area contributed by atoms with Crippen LogP contribution < -0.4 is 15.5 Å². The molecule has 39 heavy (non-hydrogen) atoms. The second-order valence-electron chi connectivity index (χ2n) is 10.9. The molecule has 1 aromatic carbocycles. The third-order valence-corrected chi connectivity index (χ3v) is 6.73. The number of nitrogens with zero attached hydrogens (tertiary/aromatic N) is 5. The molecule has 3 heterocycles. The molecule has 10 heteroatoms. The Bertz CT molecular complexity index is 1420. The lowest BCUT2D eigenvalue weighted by molar-refractivity contribution is -0.126. The molecular weight excluding hydrogens is 494 g/mol. The molecule has 2 N–H and O–H groups in total. The molecule has 1 unspecified atom stereocenters. The van der Waals surface area contributed by atoms with Gasteiger partial charge < -0.3 is 15.5 Å². The third kappa shape index (κ3) is 6.22. The standard InChI is InChI=1S/C29H35N7O3/c1-18(2)26(37)32-23-8-7-13-35(28(23)39)25-16-30-12-11-22(25)20-9-10-21(19(3)14-20)15-31-27(38)24-17-36(34-33-24)29(4,5)6/h9-12,14,16-17,23H,1,7-8,13,15H2,2-6H3,(H,31,38)(H,32,37). The summed E-state index contributed by atoms with van der Waals surface area (Å²) in [5.41, 5.74) is 4.81. The quantitative estimate of drug-likeness (QED) is 0.452. The van der Waals surface area contributed by atoms with Gasteiger partial charge in [-0.15, -0.1) is 5.10 Å². The van der Waals surface area contributed by atoms with E-state index in [1.807, 2.05) is 52.0 Å². The molecule has 1 fully saturated rings. The number of nitrogens with one attached hydrogen (secondary N) is 2. The first-order valence-corrected chi connectivity index (χ1v) is 13.0. The maximum absolute atomic E-state index is 13.3. The van der Waals surface area contributed by atoms with Crippen LogP contribution in [-0.4, -0.2) is 50.3 Å². The first kappa shape index (κ1) is 27.7. The van der Waals surface area contributed by atoms with E-state index in [2.05, 4.69) is 32.5 Å². The molecule has 3 amide bonds. The number of aromatic nitrogens is 4. The van der Waals surface area contributed by atoms with Crippen molar-refractivity contribution in [3.8, 4) is 11.1 Å². The minimum Gasteiger partial charge on any atom is -0.347 e. The van der Waals surface area contributed by atoms with Gasteiger partial charge in [0.2, 0.25) is 11.8 Å². The molecule has 1 aliphatic rings. The number of aryl methyl sites for hydroxylation is 1. The highest BCUT2D eigenvalue weighted by Gasteiger charge is 2.32. The van der Waals surface area contributed by atoms with E-state index < -0.39 is 6.04 Å². The highest BCUT2D eigenvalue weighted by molar-refractivity contribution is 6.04. The summed E-state index contributed by atoms with van der Waals surface area (Å²) in [6.45, 7) is 14.1. The lowest BCUT2D eigenvalue weighted by atomic mass is 9.97. The van der Waals surface area contributed by atoms with Gasteiger partial charge in [0.25, 0.3) is 5.91 Å². The third-order valence-electron chi connectivity index (χ3n) is 6.73. The van der Waals surface area contributed by atoms with Crippen molar-refractivity contribution in [2.75, 3.05) is 11.4 Å². The predicted octanol–water partition coefficient (Wildman–Crippen LogP) is 3.52. The maximum Gasteiger partial charge on any atom is 0.273 e. The van der Waals surface area contributed by atoms with Gasteiger partial charge in [-0.2, -0.15) is 0 Å². The van der Waals surface area contributed by atoms with Crippen LogP contribution in [0.2, 0.25) is 0 Å². The SMILES string of the molecule is C=C(C)C(=O)NC1CCCN(c2cnccc2-c2ccc(CNC(=O)c3cn(C(C)(C)C)nn3)c(C)c2)C1=O. The predicted molar refractivity (Wildman–Crippen MR) is 149 cm³/mol. The van der Waals surface area contributed by atoms with Crippen LogP contribution in [-0.2, 0) is 21.7 Å². The number of carbonyl (C=O) groups excluding carboxylic acids is 3. The van der Waals surface area contributed by atoms with Gasteiger partial charge in [-0.05, 0) is 70.2 Å². The van der Waals surface area contributed by atoms with Crippen molar-refractivity contribution < 1.29 is 14.4 Å². The zero-order chi connectivity index (χ0) is 28.3. The van der Waals surface area contributed by atoms with Crippen molar-refractivity contribution in [1.29, 1.82) is 0 Å². The Hall–Kier alpha value is -4.34. The van der Waals surface area contributed by atoms with Gasteiger partial charge in [0.15, 0.2) is 5.69 Å². The maximum atomic E-state index is 13.3. The van der Waals surface area contributed by atoms with Crippen LogP contribution in [0, 0.1) is 6.92 Å². The molecule has 2 aromatic heterocycles. The Balaban J connectivity index is 1.50. The van der Waals surface area contributed by atoms with Crippen molar-refractivity contribution in [2.24, 2.45) is 0 Å². The van der Waals surface area contributed by atoms with Crippen LogP contribution in [0.25, 0.3) is 11.1 Å². The van der Waals surface area contributed by atoms with Crippen LogP contribution in [0.3, 0.4) is 0 Å². The number of amides is 3. The summed E-state index contributed by atoms with van der Waals surface area (Å²) in [5, 5.41) is 13.8. The first-order valence-electron chi connectivity index (χ1n) is 13.0. The summed E-state index contributed by atoms with van der Waals surface area (Å²) in [6, 6.07) is 7.25. The van der Waals surface area contributed by atoms with Gasteiger partial charge in [0.05, 0.1) is 23.6 Å². The first-order chi connectivity index (χ1) is 18.5. The zero-order valence-electron chi connectivity index (χ0n) is 23.1. The van der Waals surface area contributed by atoms with Gasteiger partial charge in [-0.3, -0.25) is 19.4 Å². The molecule has 0 radical (unpaired) electrons. The molecule has 3 aromatic rings. The second-order valence-corrected chi connectivity index (χ2v) is 10.9. The summed E-state index contributed by atoms with van der Waals surface area (Å²) in [5.74, 6) is -0.773. The normalized spacial score (nSPS) is 15.7. The summed E-state index contributed by atoms with van der Waals surface area (Å²) >= 11 is 0. The highest BCUT2D eigenvalue weighted by Crippen LogP contribution is 2.33. The number of rotatable bonds is 7. The molecular formula is C29H35N7O3. The number of hydrogen-bond donors (Lipinski definition) is 2. The van der Waals surface area contributed by atoms with Crippen LogP contribution in [0.15, 0.2) is 55.0 Å². The molecule has 204 valence electrons. The Morgan fingerprint density at radius 3 is 2.64 bits per heavy atom. The molecule has 0 saturated carbocycles. The minimum absolute atomic E-state index is 0.162. The van der Waals surface area contributed by atoms with Crippen LogP contribution in [0.4, 0.5) is 5.69 Å². The lowest BCUT2D eigenvalue weighted by Gasteiger charge is -2.33. The summed E-state index contributed by atoms with van der Waals surface area (Å²) in [7, 11) is 0. The largest absolute Gasteiger partial charge is 0.347 e. The van der Waals surface area contributed by atoms with E-state index in [4.69, 9.17) is 0 Å². The molecule has 0 aliphatic carbocycles. The number of anilines is 1. The number of piperidine rings is 1. The Kier molecular flexibility index (Phi) is 7.94. The topological polar surface area (TPSA) is 122 Å². The van der Waals surface area contributed by atoms with Gasteiger partial charge in [0.1, 0.15) is 6.04 Å². The Morgan fingerprint density at radius 2 is 1.97 bits per heavy atom. The molecule has 1 atom stereocenters. The average Bonchev–Trinajstić information content (AvgIpc) is 3.40. The fraction of sp³-hybridized carbons (Fsp3) is 0.379. The molecule has 0 spiro atoms. The average molecular weight is 530 g/mol. The number of hydrogen-bond acceptors (Lipinski definition) is 6. The summed E-state index contributed by atoms with van der Waals surface area (Å²) in [6.07, 6.45) is 6.36. The van der Waals surface area contributed by atoms with Crippen LogP contribution in [0.5, 0.6) is 0 Å². The van der Waals surface area contributed by atoms with E-state index in [9.17, 15) is 14.4 Å². The second kappa shape index (κ2) is 11.2. The van der Waals surface area contributed by atoms with Gasteiger partial charge in [-0.1, -0.05) is 30.0 Å². The van der Waals surface area contributed by atoms with Crippen molar-refractivity contribution in [3.05, 3.63) is 71.8 Å². The van der Waals surface area contributed by atoms with Crippen molar-refractivity contribution in [2.45, 2.75) is 65.6 Å². The highest BCUT2D eigenvalue weighted by atomic mass is 16.2. The van der Waals surface area contributed by atoms with Gasteiger partial charge in [-0.25, -0.2) is 4.68 Å². The van der Waals surface area contributed by atoms with E-state index in [0.717, 1.165) is 28.7 Å². The van der Waals surface area contributed by atoms with E-state index in [1.165, 1.54) is 0 Å². The van der Waals surface area contributed by atoms with Crippen molar-refractivity contribution >= 4 is 23.4 Å². The summed E-state index contributed by atoms with van der Waals surface area (Å²) < 4.78 is 1.66. The van der Waals surface area contributed by atoms with Gasteiger partial charge >= 0.3 is 0 Å². The smallest absolute Gasteiger partial charge is 0.273 e. The van der Waals surface area contributed by atoms with E-state index in [1.54, 1.807) is 35.1 Å². The monoisotopic (exact) mass is 529 g/mol. The fourth-order valence-corrected chi connectivity index (χ4v) is 4.40. The van der Waals surface area contributed by atoms with E-state index in [0.29, 0.717) is 30.8 Å². The molecule has 1 aliphatic heterocycles. The molecule has 0 bridgehead atoms. The van der Waals surface area contributed by atoms with Crippen molar-refractivity contribution in [3.63, 3.8) is 0 Å². The molecule has 10 nitrogen and oxygen atoms in total. The van der Waals surface area contributed by atoms with E-state index >= 15 is 0 Å². The zero-order valence-corrected chi connectivity index (χ0v) is 23.1. The Morgan fingerprint density at radius 1 is 1.21 bits per heavy atom. The lowest BCUT2D eigenvalue weighted by Crippen LogP contribution is -2.52. The molecule has 4 rings (SSSR count). The van der Waals surface area contributed by atoms with Crippen LogP contribution in [0.1, 0.15) is 62.2 Å². The number of carbonyl (C=O) groups is 3. The molecule has 1 saturated heterocycles. The van der Waals surface area contributed by atoms with Gasteiger partial charge in [0, 0.05) is 30.4 Å².